The average molecular weight is 180 g/mol. The van der Waals surface area contributed by atoms with Gasteiger partial charge in [-0.3, -0.25) is 0 Å². The lowest BCUT2D eigenvalue weighted by Crippen LogP contribution is -2.38. The highest BCUT2D eigenvalue weighted by molar-refractivity contribution is 7.43. The van der Waals surface area contributed by atoms with E-state index in [1.165, 1.54) is 6.92 Å². The summed E-state index contributed by atoms with van der Waals surface area (Å²) >= 11 is 0. The van der Waals surface area contributed by atoms with Crippen LogP contribution in [-0.4, -0.2) is 18.7 Å². The van der Waals surface area contributed by atoms with Crippen molar-refractivity contribution < 1.29 is 19.3 Å². The molecule has 0 spiro atoms. The highest BCUT2D eigenvalue weighted by Crippen LogP contribution is 2.36. The Hall–Kier alpha value is 0.270. The van der Waals surface area contributed by atoms with E-state index in [1.54, 1.807) is 13.8 Å². The van der Waals surface area contributed by atoms with Crippen LogP contribution in [0.1, 0.15) is 20.8 Å². The van der Waals surface area contributed by atoms with Gasteiger partial charge < -0.3 is 19.3 Å². The molecule has 0 saturated heterocycles. The molecule has 0 bridgehead atoms. The van der Waals surface area contributed by atoms with E-state index in [1.807, 2.05) is 0 Å². The molecule has 0 aromatic heterocycles. The molecule has 68 valence electrons. The van der Waals surface area contributed by atoms with Gasteiger partial charge in [-0.2, -0.15) is 0 Å². The summed E-state index contributed by atoms with van der Waals surface area (Å²) in [6.45, 7) is 5.47. The van der Waals surface area contributed by atoms with E-state index in [9.17, 15) is 9.79 Å². The van der Waals surface area contributed by atoms with Crippen LogP contribution in [0.4, 0.5) is 0 Å². The van der Waals surface area contributed by atoms with E-state index in [-0.39, 0.29) is 0 Å². The summed E-state index contributed by atoms with van der Waals surface area (Å²) in [4.78, 5) is 21.2. The van der Waals surface area contributed by atoms with E-state index in [4.69, 9.17) is 9.47 Å². The third-order valence-electron chi connectivity index (χ3n) is 1.16. The molecule has 0 saturated carbocycles. The fourth-order valence-corrected chi connectivity index (χ4v) is 1.15. The zero-order chi connectivity index (χ0) is 8.91. The van der Waals surface area contributed by atoms with Crippen molar-refractivity contribution in [2.75, 3.05) is 13.2 Å². The lowest BCUT2D eigenvalue weighted by molar-refractivity contribution is -0.332. The van der Waals surface area contributed by atoms with E-state index >= 15 is 0 Å². The maximum absolute atomic E-state index is 10.6. The molecule has 0 amide bonds. The largest absolute Gasteiger partial charge is 0.838 e. The molecule has 4 nitrogen and oxygen atoms in total. The molecule has 0 rings (SSSR count). The topological polar surface area (TPSA) is 64.6 Å². The van der Waals surface area contributed by atoms with Crippen LogP contribution in [0.2, 0.25) is 0 Å². The van der Waals surface area contributed by atoms with Crippen molar-refractivity contribution in [2.45, 2.75) is 26.3 Å². The molecule has 5 heteroatoms. The van der Waals surface area contributed by atoms with Gasteiger partial charge in [-0.05, 0) is 20.8 Å². The summed E-state index contributed by atoms with van der Waals surface area (Å²) in [5.41, 5.74) is -1.45. The van der Waals surface area contributed by atoms with Crippen LogP contribution < -0.4 is 9.79 Å². The molecule has 0 heterocycles. The smallest absolute Gasteiger partial charge is 0.154 e. The molecule has 11 heavy (non-hydrogen) atoms. The Labute approximate surface area is 68.1 Å². The fourth-order valence-electron chi connectivity index (χ4n) is 0.683. The highest BCUT2D eigenvalue weighted by Gasteiger charge is 2.20. The summed E-state index contributed by atoms with van der Waals surface area (Å²) in [6, 6.07) is 0. The third kappa shape index (κ3) is 3.45. The molecular formula is C6H13O4P-2. The Morgan fingerprint density at radius 2 is 1.55 bits per heavy atom. The second-order valence-corrected chi connectivity index (χ2v) is 3.35. The molecule has 0 aliphatic rings. The van der Waals surface area contributed by atoms with Gasteiger partial charge >= 0.3 is 0 Å². The molecule has 0 radical (unpaired) electrons. The summed E-state index contributed by atoms with van der Waals surface area (Å²) in [5.74, 6) is 0. The van der Waals surface area contributed by atoms with E-state index in [2.05, 4.69) is 0 Å². The van der Waals surface area contributed by atoms with Gasteiger partial charge in [0.2, 0.25) is 0 Å². The summed E-state index contributed by atoms with van der Waals surface area (Å²) < 4.78 is 9.83. The van der Waals surface area contributed by atoms with Gasteiger partial charge in [0.05, 0.1) is 0 Å². The summed E-state index contributed by atoms with van der Waals surface area (Å²) in [6.07, 6.45) is 0. The van der Waals surface area contributed by atoms with Crippen LogP contribution in [0.25, 0.3) is 0 Å². The number of hydrogen-bond acceptors (Lipinski definition) is 4. The quantitative estimate of drug-likeness (QED) is 0.433. The van der Waals surface area contributed by atoms with Crippen molar-refractivity contribution in [1.29, 1.82) is 0 Å². The van der Waals surface area contributed by atoms with Crippen LogP contribution in [0.15, 0.2) is 0 Å². The normalized spacial score (nSPS) is 12.5. The van der Waals surface area contributed by atoms with E-state index in [0.29, 0.717) is 13.2 Å². The van der Waals surface area contributed by atoms with Gasteiger partial charge in [0.15, 0.2) is 5.53 Å². The van der Waals surface area contributed by atoms with Crippen LogP contribution in [0.3, 0.4) is 0 Å². The van der Waals surface area contributed by atoms with Crippen LogP contribution in [-0.2, 0) is 9.47 Å². The van der Waals surface area contributed by atoms with E-state index < -0.39 is 13.9 Å². The zero-order valence-electron chi connectivity index (χ0n) is 6.99. The molecule has 0 aliphatic carbocycles. The minimum atomic E-state index is -2.70. The first-order valence-corrected chi connectivity index (χ1v) is 4.67. The Bertz CT molecular complexity index is 101. The standard InChI is InChI=1S/C6H13O4P/c1-4-9-6(3,10-5-2)11(7)8/h4-5H2,1-3H3/q-2. The lowest BCUT2D eigenvalue weighted by Gasteiger charge is -2.47. The Kier molecular flexibility index (Phi) is 5.13. The van der Waals surface area contributed by atoms with Gasteiger partial charge in [0.25, 0.3) is 0 Å². The first kappa shape index (κ1) is 11.3. The maximum Gasteiger partial charge on any atom is 0.154 e. The maximum atomic E-state index is 10.6. The van der Waals surface area contributed by atoms with E-state index in [0.717, 1.165) is 0 Å². The van der Waals surface area contributed by atoms with Crippen molar-refractivity contribution >= 4 is 8.38 Å². The van der Waals surface area contributed by atoms with Gasteiger partial charge in [-0.25, -0.2) is 8.38 Å². The van der Waals surface area contributed by atoms with Crippen molar-refractivity contribution in [3.05, 3.63) is 0 Å². The minimum Gasteiger partial charge on any atom is -0.838 e. The molecule has 0 aromatic rings. The molecule has 0 N–H and O–H groups in total. The average Bonchev–Trinajstić information content (AvgIpc) is 1.88. The van der Waals surface area contributed by atoms with Gasteiger partial charge in [-0.15, -0.1) is 0 Å². The monoisotopic (exact) mass is 180 g/mol. The molecular weight excluding hydrogens is 167 g/mol. The second kappa shape index (κ2) is 5.01. The van der Waals surface area contributed by atoms with Crippen LogP contribution >= 0.6 is 8.38 Å². The van der Waals surface area contributed by atoms with Gasteiger partial charge in [0, 0.05) is 13.2 Å². The first-order chi connectivity index (χ1) is 5.06. The fraction of sp³-hybridized carbons (Fsp3) is 1.00. The van der Waals surface area contributed by atoms with Crippen LogP contribution in [0.5, 0.6) is 0 Å². The molecule has 0 unspecified atom stereocenters. The predicted octanol–water partition coefficient (Wildman–Crippen LogP) is -0.234. The molecule has 0 aromatic carbocycles. The van der Waals surface area contributed by atoms with Crippen molar-refractivity contribution in [3.63, 3.8) is 0 Å². The van der Waals surface area contributed by atoms with Gasteiger partial charge in [-0.1, -0.05) is 0 Å². The lowest BCUT2D eigenvalue weighted by atomic mass is 10.7. The Morgan fingerprint density at radius 1 is 1.18 bits per heavy atom. The predicted molar refractivity (Wildman–Crippen MR) is 38.6 cm³/mol. The molecule has 0 aliphatic heterocycles. The number of ether oxygens (including phenoxy) is 2. The summed E-state index contributed by atoms with van der Waals surface area (Å²) in [5, 5.41) is 0. The second-order valence-electron chi connectivity index (χ2n) is 2.02. The van der Waals surface area contributed by atoms with Gasteiger partial charge in [0.1, 0.15) is 0 Å². The first-order valence-electron chi connectivity index (χ1n) is 3.49. The molecule has 0 fully saturated rings. The zero-order valence-corrected chi connectivity index (χ0v) is 7.89. The number of rotatable bonds is 5. The Morgan fingerprint density at radius 3 is 1.73 bits per heavy atom. The van der Waals surface area contributed by atoms with Crippen LogP contribution in [0, 0.1) is 0 Å². The minimum absolute atomic E-state index is 0.319. The Balaban J connectivity index is 4.01. The SMILES string of the molecule is CCOC(C)(OCC)P([O-])[O-]. The van der Waals surface area contributed by atoms with Crippen molar-refractivity contribution in [2.24, 2.45) is 0 Å². The molecule has 0 atom stereocenters. The highest BCUT2D eigenvalue weighted by atomic mass is 31.2. The summed E-state index contributed by atoms with van der Waals surface area (Å²) in [7, 11) is -2.70. The third-order valence-corrected chi connectivity index (χ3v) is 2.08. The van der Waals surface area contributed by atoms with Crippen molar-refractivity contribution in [3.8, 4) is 0 Å². The van der Waals surface area contributed by atoms with Crippen molar-refractivity contribution in [1.82, 2.24) is 0 Å². The number of hydrogen-bond donors (Lipinski definition) is 0.